The van der Waals surface area contributed by atoms with E-state index in [0.29, 0.717) is 17.2 Å². The van der Waals surface area contributed by atoms with Gasteiger partial charge in [0.15, 0.2) is 11.5 Å². The lowest BCUT2D eigenvalue weighted by molar-refractivity contribution is -0.137. The van der Waals surface area contributed by atoms with Crippen LogP contribution in [0.25, 0.3) is 0 Å². The Morgan fingerprint density at radius 2 is 1.69 bits per heavy atom. The third kappa shape index (κ3) is 4.95. The summed E-state index contributed by atoms with van der Waals surface area (Å²) in [5.74, 6) is 0.490. The van der Waals surface area contributed by atoms with Crippen molar-refractivity contribution in [1.82, 2.24) is 0 Å². The molecule has 2 aromatic carbocycles. The maximum Gasteiger partial charge on any atom is 0.417 e. The molecule has 0 unspecified atom stereocenters. The Hall–Kier alpha value is -2.61. The van der Waals surface area contributed by atoms with Crippen molar-refractivity contribution in [2.24, 2.45) is 0 Å². The van der Waals surface area contributed by atoms with Crippen LogP contribution in [0.1, 0.15) is 5.56 Å². The smallest absolute Gasteiger partial charge is 0.417 e. The zero-order valence-electron chi connectivity index (χ0n) is 13.9. The van der Waals surface area contributed by atoms with Gasteiger partial charge in [0, 0.05) is 17.4 Å². The summed E-state index contributed by atoms with van der Waals surface area (Å²) in [5, 5.41) is 4.81. The number of anilines is 2. The molecule has 0 atom stereocenters. The van der Waals surface area contributed by atoms with E-state index in [1.54, 1.807) is 18.2 Å². The number of amides is 1. The Kier molecular flexibility index (Phi) is 6.20. The van der Waals surface area contributed by atoms with Crippen molar-refractivity contribution in [1.29, 1.82) is 0 Å². The fourth-order valence-electron chi connectivity index (χ4n) is 2.15. The first-order valence-corrected chi connectivity index (χ1v) is 7.75. The minimum atomic E-state index is -4.60. The molecule has 0 aliphatic carbocycles. The summed E-state index contributed by atoms with van der Waals surface area (Å²) in [6, 6.07) is 8.15. The van der Waals surface area contributed by atoms with E-state index >= 15 is 0 Å². The molecule has 0 saturated carbocycles. The molecule has 0 aliphatic heterocycles. The normalized spacial score (nSPS) is 11.0. The van der Waals surface area contributed by atoms with Crippen LogP contribution < -0.4 is 20.1 Å². The molecule has 5 nitrogen and oxygen atoms in total. The van der Waals surface area contributed by atoms with Crippen LogP contribution in [0, 0.1) is 0 Å². The van der Waals surface area contributed by atoms with E-state index in [0.717, 1.165) is 12.1 Å². The number of ether oxygens (including phenoxy) is 2. The number of nitrogens with one attached hydrogen (secondary N) is 2. The first-order chi connectivity index (χ1) is 12.2. The molecule has 140 valence electrons. The van der Waals surface area contributed by atoms with Gasteiger partial charge in [-0.3, -0.25) is 4.79 Å². The lowest BCUT2D eigenvalue weighted by Crippen LogP contribution is -2.22. The van der Waals surface area contributed by atoms with E-state index in [-0.39, 0.29) is 12.2 Å². The Morgan fingerprint density at radius 1 is 1.04 bits per heavy atom. The average molecular weight is 389 g/mol. The highest BCUT2D eigenvalue weighted by Gasteiger charge is 2.33. The van der Waals surface area contributed by atoms with E-state index in [1.165, 1.54) is 20.3 Å². The maximum absolute atomic E-state index is 12.8. The van der Waals surface area contributed by atoms with Crippen LogP contribution in [-0.2, 0) is 11.0 Å². The fourth-order valence-corrected chi connectivity index (χ4v) is 2.38. The van der Waals surface area contributed by atoms with Gasteiger partial charge in [-0.2, -0.15) is 13.2 Å². The second-order valence-electron chi connectivity index (χ2n) is 5.16. The molecule has 0 bridgehead atoms. The van der Waals surface area contributed by atoms with Crippen molar-refractivity contribution >= 4 is 28.9 Å². The van der Waals surface area contributed by atoms with Gasteiger partial charge >= 0.3 is 6.18 Å². The SMILES string of the molecule is COc1ccc(NCC(=O)Nc2ccc(Cl)c(C(F)(F)F)c2)cc1OC. The Labute approximate surface area is 153 Å². The van der Waals surface area contributed by atoms with Crippen LogP contribution in [0.3, 0.4) is 0 Å². The van der Waals surface area contributed by atoms with Crippen molar-refractivity contribution in [3.63, 3.8) is 0 Å². The topological polar surface area (TPSA) is 59.6 Å². The molecule has 2 rings (SSSR count). The van der Waals surface area contributed by atoms with Gasteiger partial charge in [0.05, 0.1) is 31.4 Å². The number of methoxy groups -OCH3 is 2. The highest BCUT2D eigenvalue weighted by molar-refractivity contribution is 6.31. The Balaban J connectivity index is 2.01. The highest BCUT2D eigenvalue weighted by Crippen LogP contribution is 2.36. The molecule has 2 aromatic rings. The van der Waals surface area contributed by atoms with Gasteiger partial charge in [0.25, 0.3) is 0 Å². The van der Waals surface area contributed by atoms with Gasteiger partial charge in [0.1, 0.15) is 0 Å². The van der Waals surface area contributed by atoms with Gasteiger partial charge in [-0.25, -0.2) is 0 Å². The standard InChI is InChI=1S/C17H16ClF3N2O3/c1-25-14-6-4-10(8-15(14)26-2)22-9-16(24)23-11-3-5-13(18)12(7-11)17(19,20)21/h3-8,22H,9H2,1-2H3,(H,23,24). The summed E-state index contributed by atoms with van der Waals surface area (Å²) in [6.45, 7) is -0.153. The predicted octanol–water partition coefficient (Wildman–Crippen LogP) is 4.43. The van der Waals surface area contributed by atoms with Crippen LogP contribution in [0.2, 0.25) is 5.02 Å². The molecule has 0 heterocycles. The van der Waals surface area contributed by atoms with Gasteiger partial charge in [-0.15, -0.1) is 0 Å². The summed E-state index contributed by atoms with van der Waals surface area (Å²) < 4.78 is 48.8. The number of hydrogen-bond acceptors (Lipinski definition) is 4. The van der Waals surface area contributed by atoms with E-state index < -0.39 is 22.7 Å². The number of alkyl halides is 3. The van der Waals surface area contributed by atoms with Crippen LogP contribution in [0.15, 0.2) is 36.4 Å². The summed E-state index contributed by atoms with van der Waals surface area (Å²) in [7, 11) is 2.98. The first-order valence-electron chi connectivity index (χ1n) is 7.37. The quantitative estimate of drug-likeness (QED) is 0.768. The van der Waals surface area contributed by atoms with E-state index in [2.05, 4.69) is 10.6 Å². The van der Waals surface area contributed by atoms with Crippen molar-refractivity contribution in [3.05, 3.63) is 47.0 Å². The van der Waals surface area contributed by atoms with Gasteiger partial charge in [-0.1, -0.05) is 11.6 Å². The molecule has 1 amide bonds. The van der Waals surface area contributed by atoms with Crippen LogP contribution in [0.4, 0.5) is 24.5 Å². The van der Waals surface area contributed by atoms with Crippen molar-refractivity contribution < 1.29 is 27.4 Å². The molecule has 0 aliphatic rings. The zero-order chi connectivity index (χ0) is 19.3. The van der Waals surface area contributed by atoms with Gasteiger partial charge in [-0.05, 0) is 30.3 Å². The van der Waals surface area contributed by atoms with Gasteiger partial charge < -0.3 is 20.1 Å². The average Bonchev–Trinajstić information content (AvgIpc) is 2.60. The molecule has 9 heteroatoms. The molecule has 2 N–H and O–H groups in total. The highest BCUT2D eigenvalue weighted by atomic mass is 35.5. The molecule has 0 fully saturated rings. The number of carbonyl (C=O) groups excluding carboxylic acids is 1. The number of hydrogen-bond donors (Lipinski definition) is 2. The molecular weight excluding hydrogens is 373 g/mol. The third-order valence-corrected chi connectivity index (χ3v) is 3.72. The van der Waals surface area contributed by atoms with Crippen LogP contribution >= 0.6 is 11.6 Å². The zero-order valence-corrected chi connectivity index (χ0v) is 14.7. The Morgan fingerprint density at radius 3 is 2.31 bits per heavy atom. The molecule has 26 heavy (non-hydrogen) atoms. The maximum atomic E-state index is 12.8. The molecule has 0 aromatic heterocycles. The van der Waals surface area contributed by atoms with Crippen LogP contribution in [0.5, 0.6) is 11.5 Å². The lowest BCUT2D eigenvalue weighted by atomic mass is 10.2. The first kappa shape index (κ1) is 19.7. The number of halogens is 4. The minimum Gasteiger partial charge on any atom is -0.493 e. The Bertz CT molecular complexity index is 797. The molecule has 0 saturated heterocycles. The van der Waals surface area contributed by atoms with E-state index in [1.807, 2.05) is 0 Å². The third-order valence-electron chi connectivity index (χ3n) is 3.39. The van der Waals surface area contributed by atoms with E-state index in [4.69, 9.17) is 21.1 Å². The summed E-state index contributed by atoms with van der Waals surface area (Å²) in [4.78, 5) is 12.0. The van der Waals surface area contributed by atoms with Crippen molar-refractivity contribution in [2.45, 2.75) is 6.18 Å². The van der Waals surface area contributed by atoms with Crippen LogP contribution in [-0.4, -0.2) is 26.7 Å². The second-order valence-corrected chi connectivity index (χ2v) is 5.57. The summed E-state index contributed by atoms with van der Waals surface area (Å²) in [5.41, 5.74) is -0.421. The van der Waals surface area contributed by atoms with Gasteiger partial charge in [0.2, 0.25) is 5.91 Å². The number of rotatable bonds is 6. The lowest BCUT2D eigenvalue weighted by Gasteiger charge is -2.13. The monoisotopic (exact) mass is 388 g/mol. The molecule has 0 radical (unpaired) electrons. The van der Waals surface area contributed by atoms with Crippen molar-refractivity contribution in [3.8, 4) is 11.5 Å². The van der Waals surface area contributed by atoms with E-state index in [9.17, 15) is 18.0 Å². The number of carbonyl (C=O) groups is 1. The summed E-state index contributed by atoms with van der Waals surface area (Å²) >= 11 is 5.54. The predicted molar refractivity (Wildman–Crippen MR) is 93.1 cm³/mol. The minimum absolute atomic E-state index is 0.000775. The summed E-state index contributed by atoms with van der Waals surface area (Å²) in [6.07, 6.45) is -4.60. The largest absolute Gasteiger partial charge is 0.493 e. The number of benzene rings is 2. The molecular formula is C17H16ClF3N2O3. The molecule has 0 spiro atoms. The van der Waals surface area contributed by atoms with Crippen molar-refractivity contribution in [2.75, 3.05) is 31.4 Å². The fraction of sp³-hybridized carbons (Fsp3) is 0.235. The second kappa shape index (κ2) is 8.18.